The average molecular weight is 367 g/mol. The monoisotopic (exact) mass is 367 g/mol. The molecule has 142 valence electrons. The number of hydrogen-bond donors (Lipinski definition) is 1. The predicted molar refractivity (Wildman–Crippen MR) is 106 cm³/mol. The van der Waals surface area contributed by atoms with Crippen LogP contribution >= 0.6 is 0 Å². The third kappa shape index (κ3) is 4.28. The zero-order chi connectivity index (χ0) is 19.4. The van der Waals surface area contributed by atoms with Gasteiger partial charge in [-0.15, -0.1) is 0 Å². The molecule has 6 heteroatoms. The number of carbonyl (C=O) groups is 1. The molecule has 0 aliphatic rings. The number of rotatable bonds is 7. The van der Waals surface area contributed by atoms with Crippen LogP contribution < -0.4 is 9.64 Å². The van der Waals surface area contributed by atoms with Crippen LogP contribution in [-0.2, 0) is 17.8 Å². The van der Waals surface area contributed by atoms with E-state index < -0.39 is 6.10 Å². The van der Waals surface area contributed by atoms with Gasteiger partial charge in [-0.3, -0.25) is 4.79 Å². The molecular formula is C21H25N3O3. The Morgan fingerprint density at radius 2 is 1.93 bits per heavy atom. The maximum atomic E-state index is 11.4. The molecule has 1 unspecified atom stereocenters. The number of fused-ring (bicyclic) bond motifs is 1. The lowest BCUT2D eigenvalue weighted by atomic mass is 10.2. The van der Waals surface area contributed by atoms with Gasteiger partial charge >= 0.3 is 0 Å². The van der Waals surface area contributed by atoms with Gasteiger partial charge in [0.05, 0.1) is 17.6 Å². The lowest BCUT2D eigenvalue weighted by Crippen LogP contribution is -2.24. The Labute approximate surface area is 159 Å². The van der Waals surface area contributed by atoms with Gasteiger partial charge in [0.25, 0.3) is 0 Å². The summed E-state index contributed by atoms with van der Waals surface area (Å²) in [4.78, 5) is 17.6. The Morgan fingerprint density at radius 3 is 2.59 bits per heavy atom. The molecular weight excluding hydrogens is 342 g/mol. The number of aromatic nitrogens is 2. The summed E-state index contributed by atoms with van der Waals surface area (Å²) in [5, 5.41) is 10.5. The summed E-state index contributed by atoms with van der Waals surface area (Å²) in [7, 11) is 1.72. The first-order chi connectivity index (χ1) is 13.0. The van der Waals surface area contributed by atoms with Crippen molar-refractivity contribution in [2.24, 2.45) is 0 Å². The fourth-order valence-corrected chi connectivity index (χ4v) is 3.00. The Hall–Kier alpha value is -2.86. The second-order valence-corrected chi connectivity index (χ2v) is 6.52. The molecule has 6 nitrogen and oxygen atoms in total. The van der Waals surface area contributed by atoms with E-state index in [0.29, 0.717) is 12.3 Å². The number of nitrogens with zero attached hydrogens (tertiary/aromatic N) is 3. The molecule has 1 aromatic heterocycles. The first-order valence-electron chi connectivity index (χ1n) is 9.09. The van der Waals surface area contributed by atoms with Crippen molar-refractivity contribution in [1.82, 2.24) is 9.55 Å². The molecule has 0 fully saturated rings. The Balaban J connectivity index is 1.63. The molecule has 0 spiro atoms. The third-order valence-electron chi connectivity index (χ3n) is 4.58. The molecule has 0 aliphatic carbocycles. The molecule has 0 saturated carbocycles. The molecule has 0 aliphatic heterocycles. The summed E-state index contributed by atoms with van der Waals surface area (Å²) in [6.45, 7) is 4.18. The van der Waals surface area contributed by atoms with Crippen molar-refractivity contribution >= 4 is 22.6 Å². The summed E-state index contributed by atoms with van der Waals surface area (Å²) in [5.41, 5.74) is 2.76. The predicted octanol–water partition coefficient (Wildman–Crippen LogP) is 3.02. The molecule has 0 bridgehead atoms. The third-order valence-corrected chi connectivity index (χ3v) is 4.58. The van der Waals surface area contributed by atoms with Gasteiger partial charge < -0.3 is 19.3 Å². The average Bonchev–Trinajstić information content (AvgIpc) is 3.04. The number of aryl methyl sites for hydroxylation is 1. The van der Waals surface area contributed by atoms with Gasteiger partial charge in [0.2, 0.25) is 5.91 Å². The number of amides is 1. The number of carbonyl (C=O) groups excluding carboxylic acids is 1. The first-order valence-corrected chi connectivity index (χ1v) is 9.09. The van der Waals surface area contributed by atoms with Gasteiger partial charge in [-0.2, -0.15) is 0 Å². The highest BCUT2D eigenvalue weighted by Crippen LogP contribution is 2.20. The van der Waals surface area contributed by atoms with Crippen molar-refractivity contribution in [3.8, 4) is 5.75 Å². The second-order valence-electron chi connectivity index (χ2n) is 6.52. The van der Waals surface area contributed by atoms with Gasteiger partial charge in [-0.25, -0.2) is 4.98 Å². The largest absolute Gasteiger partial charge is 0.491 e. The molecule has 2 aromatic carbocycles. The number of benzene rings is 2. The molecule has 0 radical (unpaired) electrons. The van der Waals surface area contributed by atoms with E-state index in [1.807, 2.05) is 41.0 Å². The van der Waals surface area contributed by atoms with E-state index in [1.54, 1.807) is 24.1 Å². The number of aliphatic hydroxyl groups excluding tert-OH is 1. The summed E-state index contributed by atoms with van der Waals surface area (Å²) >= 11 is 0. The van der Waals surface area contributed by atoms with Crippen molar-refractivity contribution in [2.45, 2.75) is 32.9 Å². The second kappa shape index (κ2) is 8.22. The van der Waals surface area contributed by atoms with Crippen molar-refractivity contribution < 1.29 is 14.6 Å². The minimum atomic E-state index is -0.660. The molecule has 1 N–H and O–H groups in total. The highest BCUT2D eigenvalue weighted by molar-refractivity contribution is 5.90. The lowest BCUT2D eigenvalue weighted by Gasteiger charge is -2.17. The first kappa shape index (κ1) is 18.9. The highest BCUT2D eigenvalue weighted by Gasteiger charge is 2.14. The summed E-state index contributed by atoms with van der Waals surface area (Å²) in [6, 6.07) is 15.2. The van der Waals surface area contributed by atoms with Gasteiger partial charge in [-0.05, 0) is 36.4 Å². The topological polar surface area (TPSA) is 67.6 Å². The molecule has 1 atom stereocenters. The Bertz CT molecular complexity index is 918. The van der Waals surface area contributed by atoms with Crippen molar-refractivity contribution in [3.63, 3.8) is 0 Å². The van der Waals surface area contributed by atoms with Crippen LogP contribution in [0.3, 0.4) is 0 Å². The van der Waals surface area contributed by atoms with Gasteiger partial charge in [0, 0.05) is 26.1 Å². The zero-order valence-corrected chi connectivity index (χ0v) is 15.9. The fraction of sp³-hybridized carbons (Fsp3) is 0.333. The van der Waals surface area contributed by atoms with Crippen LogP contribution in [0.15, 0.2) is 48.5 Å². The zero-order valence-electron chi connectivity index (χ0n) is 15.9. The number of hydrogen-bond acceptors (Lipinski definition) is 4. The van der Waals surface area contributed by atoms with Gasteiger partial charge in [0.15, 0.2) is 0 Å². The van der Waals surface area contributed by atoms with E-state index in [9.17, 15) is 9.90 Å². The standard InChI is InChI=1S/C21H25N3O3/c1-4-21-22-19-7-5-6-8-20(19)24(21)13-17(26)14-27-18-11-9-16(10-12-18)23(3)15(2)25/h5-12,17,26H,4,13-14H2,1-3H3. The maximum absolute atomic E-state index is 11.4. The quantitative estimate of drug-likeness (QED) is 0.697. The van der Waals surface area contributed by atoms with Crippen LogP contribution in [0.2, 0.25) is 0 Å². The van der Waals surface area contributed by atoms with Crippen molar-refractivity contribution in [2.75, 3.05) is 18.6 Å². The number of anilines is 1. The molecule has 1 heterocycles. The Kier molecular flexibility index (Phi) is 5.76. The number of ether oxygens (including phenoxy) is 1. The van der Waals surface area contributed by atoms with Crippen molar-refractivity contribution in [1.29, 1.82) is 0 Å². The maximum Gasteiger partial charge on any atom is 0.223 e. The smallest absolute Gasteiger partial charge is 0.223 e. The van der Waals surface area contributed by atoms with Crippen LogP contribution in [0.5, 0.6) is 5.75 Å². The lowest BCUT2D eigenvalue weighted by molar-refractivity contribution is -0.116. The van der Waals surface area contributed by atoms with Crippen molar-refractivity contribution in [3.05, 3.63) is 54.4 Å². The summed E-state index contributed by atoms with van der Waals surface area (Å²) < 4.78 is 7.76. The van der Waals surface area contributed by atoms with Gasteiger partial charge in [0.1, 0.15) is 24.3 Å². The molecule has 0 saturated heterocycles. The van der Waals surface area contributed by atoms with Crippen LogP contribution in [0.1, 0.15) is 19.7 Å². The normalized spacial score (nSPS) is 12.1. The minimum Gasteiger partial charge on any atom is -0.491 e. The summed E-state index contributed by atoms with van der Waals surface area (Å²) in [6.07, 6.45) is 0.139. The number of imidazole rings is 1. The van der Waals surface area contributed by atoms with E-state index in [4.69, 9.17) is 4.74 Å². The molecule has 27 heavy (non-hydrogen) atoms. The SMILES string of the molecule is CCc1nc2ccccc2n1CC(O)COc1ccc(N(C)C(C)=O)cc1. The van der Waals surface area contributed by atoms with Crippen LogP contribution in [0, 0.1) is 0 Å². The van der Waals surface area contributed by atoms with Crippen LogP contribution in [0.4, 0.5) is 5.69 Å². The molecule has 1 amide bonds. The fourth-order valence-electron chi connectivity index (χ4n) is 3.00. The van der Waals surface area contributed by atoms with E-state index in [1.165, 1.54) is 6.92 Å². The van der Waals surface area contributed by atoms with E-state index in [-0.39, 0.29) is 12.5 Å². The molecule has 3 rings (SSSR count). The number of para-hydroxylation sites is 2. The van der Waals surface area contributed by atoms with Gasteiger partial charge in [-0.1, -0.05) is 19.1 Å². The Morgan fingerprint density at radius 1 is 1.22 bits per heavy atom. The van der Waals surface area contributed by atoms with Crippen LogP contribution in [0.25, 0.3) is 11.0 Å². The number of aliphatic hydroxyl groups is 1. The van der Waals surface area contributed by atoms with E-state index in [0.717, 1.165) is 29.0 Å². The minimum absolute atomic E-state index is 0.0293. The summed E-state index contributed by atoms with van der Waals surface area (Å²) in [5.74, 6) is 1.58. The van der Waals surface area contributed by atoms with Crippen LogP contribution in [-0.4, -0.2) is 40.3 Å². The van der Waals surface area contributed by atoms with E-state index >= 15 is 0 Å². The van der Waals surface area contributed by atoms with E-state index in [2.05, 4.69) is 11.9 Å². The molecule has 3 aromatic rings. The highest BCUT2D eigenvalue weighted by atomic mass is 16.5.